The number of methoxy groups -OCH3 is 1. The van der Waals surface area contributed by atoms with Gasteiger partial charge in [0, 0.05) is 5.56 Å². The quantitative estimate of drug-likeness (QED) is 0.641. The Kier molecular flexibility index (Phi) is 4.90. The van der Waals surface area contributed by atoms with Gasteiger partial charge in [0.05, 0.1) is 13.7 Å². The number of carbonyl (C=O) groups excluding carboxylic acids is 1. The highest BCUT2D eigenvalue weighted by Gasteiger charge is 2.33. The van der Waals surface area contributed by atoms with Gasteiger partial charge in [0.2, 0.25) is 0 Å². The van der Waals surface area contributed by atoms with E-state index in [1.165, 1.54) is 19.3 Å². The number of aromatic hydroxyl groups is 1. The number of fused-ring (bicyclic) bond motifs is 1. The van der Waals surface area contributed by atoms with E-state index in [0.717, 1.165) is 5.56 Å². The van der Waals surface area contributed by atoms with E-state index in [-0.39, 0.29) is 12.4 Å². The maximum Gasteiger partial charge on any atom is 0.163 e. The first-order valence-electron chi connectivity index (χ1n) is 7.73. The Balaban J connectivity index is 1.93. The SMILES string of the molecule is COc1cc([C@@H]2Oc3ccc(/C=C/C=O)cc3O[C@H]2CO)ccc1O. The average Bonchev–Trinajstić information content (AvgIpc) is 2.65. The molecule has 3 rings (SSSR count). The summed E-state index contributed by atoms with van der Waals surface area (Å²) < 4.78 is 17.0. The minimum absolute atomic E-state index is 0.0236. The molecule has 0 aromatic heterocycles. The van der Waals surface area contributed by atoms with Crippen LogP contribution in [0.15, 0.2) is 42.5 Å². The predicted octanol–water partition coefficient (Wildman–Crippen LogP) is 2.49. The van der Waals surface area contributed by atoms with Gasteiger partial charge in [0.15, 0.2) is 35.2 Å². The van der Waals surface area contributed by atoms with E-state index >= 15 is 0 Å². The van der Waals surface area contributed by atoms with Crippen LogP contribution < -0.4 is 14.2 Å². The number of aliphatic hydroxyl groups is 1. The molecule has 2 N–H and O–H groups in total. The summed E-state index contributed by atoms with van der Waals surface area (Å²) in [6.07, 6.45) is 2.57. The van der Waals surface area contributed by atoms with Crippen molar-refractivity contribution in [1.82, 2.24) is 0 Å². The highest BCUT2D eigenvalue weighted by molar-refractivity contribution is 5.74. The molecule has 6 heteroatoms. The van der Waals surface area contributed by atoms with Gasteiger partial charge in [-0.25, -0.2) is 0 Å². The molecule has 0 fully saturated rings. The molecule has 2 aromatic carbocycles. The van der Waals surface area contributed by atoms with Crippen LogP contribution in [-0.4, -0.2) is 36.3 Å². The van der Waals surface area contributed by atoms with Gasteiger partial charge in [-0.05, 0) is 35.9 Å². The molecule has 1 aliphatic rings. The van der Waals surface area contributed by atoms with Crippen molar-refractivity contribution >= 4 is 12.4 Å². The lowest BCUT2D eigenvalue weighted by molar-refractivity contribution is -0.104. The maximum absolute atomic E-state index is 10.4. The van der Waals surface area contributed by atoms with Crippen molar-refractivity contribution < 1.29 is 29.2 Å². The molecule has 2 aromatic rings. The molecule has 0 radical (unpaired) electrons. The van der Waals surface area contributed by atoms with Crippen molar-refractivity contribution in [1.29, 1.82) is 0 Å². The molecule has 0 spiro atoms. The lowest BCUT2D eigenvalue weighted by Crippen LogP contribution is -2.36. The van der Waals surface area contributed by atoms with Gasteiger partial charge in [0.25, 0.3) is 0 Å². The Morgan fingerprint density at radius 2 is 2.00 bits per heavy atom. The van der Waals surface area contributed by atoms with E-state index in [2.05, 4.69) is 0 Å². The van der Waals surface area contributed by atoms with Gasteiger partial charge in [-0.15, -0.1) is 0 Å². The summed E-state index contributed by atoms with van der Waals surface area (Å²) in [4.78, 5) is 10.4. The molecular weight excluding hydrogens is 324 g/mol. The predicted molar refractivity (Wildman–Crippen MR) is 91.1 cm³/mol. The molecule has 0 bridgehead atoms. The first kappa shape index (κ1) is 16.9. The molecule has 0 amide bonds. The maximum atomic E-state index is 10.4. The van der Waals surface area contributed by atoms with Crippen LogP contribution in [0.1, 0.15) is 17.2 Å². The lowest BCUT2D eigenvalue weighted by atomic mass is 10.0. The summed E-state index contributed by atoms with van der Waals surface area (Å²) in [5.74, 6) is 1.37. The molecule has 25 heavy (non-hydrogen) atoms. The summed E-state index contributed by atoms with van der Waals surface area (Å²) in [6, 6.07) is 10.1. The average molecular weight is 342 g/mol. The van der Waals surface area contributed by atoms with Gasteiger partial charge in [-0.3, -0.25) is 4.79 Å². The molecule has 2 atom stereocenters. The fraction of sp³-hybridized carbons (Fsp3) is 0.211. The molecule has 0 saturated carbocycles. The molecule has 0 unspecified atom stereocenters. The molecule has 0 saturated heterocycles. The number of carbonyl (C=O) groups is 1. The Morgan fingerprint density at radius 3 is 2.72 bits per heavy atom. The second kappa shape index (κ2) is 7.27. The first-order valence-corrected chi connectivity index (χ1v) is 7.73. The number of allylic oxidation sites excluding steroid dienone is 1. The van der Waals surface area contributed by atoms with Gasteiger partial charge in [-0.2, -0.15) is 0 Å². The monoisotopic (exact) mass is 342 g/mol. The molecule has 1 aliphatic heterocycles. The number of benzene rings is 2. The highest BCUT2D eigenvalue weighted by atomic mass is 16.6. The van der Waals surface area contributed by atoms with Crippen molar-refractivity contribution in [3.63, 3.8) is 0 Å². The number of aliphatic hydroxyl groups excluding tert-OH is 1. The van der Waals surface area contributed by atoms with Crippen LogP contribution in [0.2, 0.25) is 0 Å². The zero-order valence-electron chi connectivity index (χ0n) is 13.6. The third kappa shape index (κ3) is 3.44. The van der Waals surface area contributed by atoms with Crippen molar-refractivity contribution in [2.75, 3.05) is 13.7 Å². The van der Waals surface area contributed by atoms with Crippen molar-refractivity contribution in [2.24, 2.45) is 0 Å². The Morgan fingerprint density at radius 1 is 1.16 bits per heavy atom. The summed E-state index contributed by atoms with van der Waals surface area (Å²) in [5.41, 5.74) is 1.50. The van der Waals surface area contributed by atoms with Gasteiger partial charge >= 0.3 is 0 Å². The number of aldehydes is 1. The zero-order valence-corrected chi connectivity index (χ0v) is 13.6. The summed E-state index contributed by atoms with van der Waals surface area (Å²) in [7, 11) is 1.46. The molecule has 6 nitrogen and oxygen atoms in total. The van der Waals surface area contributed by atoms with E-state index in [1.807, 2.05) is 0 Å². The smallest absolute Gasteiger partial charge is 0.163 e. The number of ether oxygens (including phenoxy) is 3. The minimum atomic E-state index is -0.618. The lowest BCUT2D eigenvalue weighted by Gasteiger charge is -2.33. The summed E-state index contributed by atoms with van der Waals surface area (Å²) in [5, 5.41) is 19.4. The zero-order chi connectivity index (χ0) is 17.8. The first-order chi connectivity index (χ1) is 12.2. The Labute approximate surface area is 144 Å². The standard InChI is InChI=1S/C19H18O6/c1-23-16-10-13(5-6-14(16)22)19-18(11-21)24-17-9-12(3-2-8-20)4-7-15(17)25-19/h2-10,18-19,21-22H,11H2,1H3/b3-2+/t18-,19-/m0/s1. The van der Waals surface area contributed by atoms with Crippen LogP contribution in [0.25, 0.3) is 6.08 Å². The van der Waals surface area contributed by atoms with E-state index in [1.54, 1.807) is 36.4 Å². The van der Waals surface area contributed by atoms with E-state index in [9.17, 15) is 15.0 Å². The molecular formula is C19H18O6. The molecule has 1 heterocycles. The van der Waals surface area contributed by atoms with Crippen molar-refractivity contribution in [3.05, 3.63) is 53.6 Å². The normalized spacial score (nSPS) is 19.0. The second-order valence-corrected chi connectivity index (χ2v) is 5.51. The van der Waals surface area contributed by atoms with Crippen LogP contribution in [0.5, 0.6) is 23.0 Å². The largest absolute Gasteiger partial charge is 0.504 e. The summed E-state index contributed by atoms with van der Waals surface area (Å²) >= 11 is 0. The molecule has 0 aliphatic carbocycles. The van der Waals surface area contributed by atoms with Crippen LogP contribution in [0.3, 0.4) is 0 Å². The van der Waals surface area contributed by atoms with Crippen LogP contribution >= 0.6 is 0 Å². The number of hydrogen-bond donors (Lipinski definition) is 2. The topological polar surface area (TPSA) is 85.2 Å². The Bertz CT molecular complexity index is 798. The third-order valence-electron chi connectivity index (χ3n) is 3.92. The number of phenolic OH excluding ortho intramolecular Hbond substituents is 1. The van der Waals surface area contributed by atoms with Gasteiger partial charge in [-0.1, -0.05) is 18.2 Å². The summed E-state index contributed by atoms with van der Waals surface area (Å²) in [6.45, 7) is -0.248. The Hall–Kier alpha value is -2.99. The fourth-order valence-corrected chi connectivity index (χ4v) is 2.69. The second-order valence-electron chi connectivity index (χ2n) is 5.51. The van der Waals surface area contributed by atoms with Crippen molar-refractivity contribution in [3.8, 4) is 23.0 Å². The van der Waals surface area contributed by atoms with E-state index in [4.69, 9.17) is 14.2 Å². The fourth-order valence-electron chi connectivity index (χ4n) is 2.69. The molecule has 130 valence electrons. The van der Waals surface area contributed by atoms with Gasteiger partial charge < -0.3 is 24.4 Å². The number of phenols is 1. The number of rotatable bonds is 5. The van der Waals surface area contributed by atoms with Crippen LogP contribution in [-0.2, 0) is 4.79 Å². The van der Waals surface area contributed by atoms with E-state index in [0.29, 0.717) is 29.1 Å². The van der Waals surface area contributed by atoms with Crippen LogP contribution in [0, 0.1) is 0 Å². The van der Waals surface area contributed by atoms with Gasteiger partial charge in [0.1, 0.15) is 6.29 Å². The van der Waals surface area contributed by atoms with E-state index < -0.39 is 12.2 Å². The number of hydrogen-bond acceptors (Lipinski definition) is 6. The minimum Gasteiger partial charge on any atom is -0.504 e. The van der Waals surface area contributed by atoms with Crippen molar-refractivity contribution in [2.45, 2.75) is 12.2 Å². The highest BCUT2D eigenvalue weighted by Crippen LogP contribution is 2.41. The third-order valence-corrected chi connectivity index (χ3v) is 3.92. The van der Waals surface area contributed by atoms with Crippen LogP contribution in [0.4, 0.5) is 0 Å².